The fourth-order valence-electron chi connectivity index (χ4n) is 3.58. The molecule has 148 valence electrons. The third-order valence-electron chi connectivity index (χ3n) is 4.89. The van der Waals surface area contributed by atoms with Crippen molar-refractivity contribution in [3.8, 4) is 0 Å². The largest absolute Gasteiger partial charge is 0.455 e. The van der Waals surface area contributed by atoms with Crippen LogP contribution in [0.2, 0.25) is 0 Å². The molecule has 1 saturated carbocycles. The molecule has 0 aliphatic heterocycles. The number of nitrogens with one attached hydrogen (secondary N) is 1. The molecule has 2 N–H and O–H groups in total. The Hall–Kier alpha value is -2.36. The van der Waals surface area contributed by atoms with Crippen LogP contribution >= 0.6 is 0 Å². The summed E-state index contributed by atoms with van der Waals surface area (Å²) in [5.41, 5.74) is -1.29. The predicted molar refractivity (Wildman–Crippen MR) is 94.6 cm³/mol. The van der Waals surface area contributed by atoms with Gasteiger partial charge in [0.2, 0.25) is 5.82 Å². The minimum Gasteiger partial charge on any atom is -0.455 e. The van der Waals surface area contributed by atoms with Gasteiger partial charge in [-0.05, 0) is 33.6 Å². The highest BCUT2D eigenvalue weighted by Crippen LogP contribution is 2.41. The van der Waals surface area contributed by atoms with Gasteiger partial charge in [-0.15, -0.1) is 15.3 Å². The first-order valence-electron chi connectivity index (χ1n) is 9.39. The third-order valence-corrected chi connectivity index (χ3v) is 4.89. The maximum Gasteiger partial charge on any atom is 0.361 e. The van der Waals surface area contributed by atoms with E-state index in [-0.39, 0.29) is 11.5 Å². The lowest BCUT2D eigenvalue weighted by Crippen LogP contribution is -2.41. The van der Waals surface area contributed by atoms with E-state index >= 15 is 0 Å². The van der Waals surface area contributed by atoms with Crippen molar-refractivity contribution >= 4 is 5.97 Å². The van der Waals surface area contributed by atoms with Crippen LogP contribution in [0.3, 0.4) is 0 Å². The molecule has 2 heterocycles. The number of carbonyl (C=O) groups excluding carboxylic acids is 1. The zero-order chi connectivity index (χ0) is 19.5. The molecule has 1 atom stereocenters. The normalized spacial score (nSPS) is 19.1. The molecule has 27 heavy (non-hydrogen) atoms. The topological polar surface area (TPSA) is 132 Å². The van der Waals surface area contributed by atoms with Crippen molar-refractivity contribution in [2.24, 2.45) is 0 Å². The Morgan fingerprint density at radius 1 is 1.22 bits per heavy atom. The molecule has 0 saturated heterocycles. The molecular formula is C17H27N7O3. The summed E-state index contributed by atoms with van der Waals surface area (Å²) in [5.74, 6) is -0.325. The molecule has 1 aliphatic rings. The second-order valence-corrected chi connectivity index (χ2v) is 8.09. The Bertz CT molecular complexity index is 743. The predicted octanol–water partition coefficient (Wildman–Crippen LogP) is 1.92. The summed E-state index contributed by atoms with van der Waals surface area (Å²) in [6.07, 6.45) is 7.09. The molecule has 1 aliphatic carbocycles. The Morgan fingerprint density at radius 3 is 2.48 bits per heavy atom. The van der Waals surface area contributed by atoms with E-state index in [9.17, 15) is 9.90 Å². The molecule has 1 unspecified atom stereocenters. The summed E-state index contributed by atoms with van der Waals surface area (Å²) in [5, 5.41) is 33.1. The number of aromatic amines is 1. The maximum absolute atomic E-state index is 12.3. The monoisotopic (exact) mass is 377 g/mol. The fraction of sp³-hybridized carbons (Fsp3) is 0.765. The zero-order valence-corrected chi connectivity index (χ0v) is 16.1. The maximum atomic E-state index is 12.3. The molecule has 10 nitrogen and oxygen atoms in total. The molecule has 10 heteroatoms. The Balaban J connectivity index is 1.94. The second kappa shape index (κ2) is 7.71. The van der Waals surface area contributed by atoms with Gasteiger partial charge < -0.3 is 9.84 Å². The number of rotatable bonds is 4. The number of tetrazole rings is 1. The van der Waals surface area contributed by atoms with E-state index in [1.165, 1.54) is 6.42 Å². The van der Waals surface area contributed by atoms with Gasteiger partial charge in [0.05, 0.1) is 11.7 Å². The lowest BCUT2D eigenvalue weighted by atomic mass is 9.79. The molecule has 2 aromatic heterocycles. The zero-order valence-electron chi connectivity index (χ0n) is 16.1. The molecule has 2 aromatic rings. The van der Waals surface area contributed by atoms with E-state index in [1.807, 2.05) is 0 Å². The highest BCUT2D eigenvalue weighted by atomic mass is 16.6. The van der Waals surface area contributed by atoms with Gasteiger partial charge in [-0.3, -0.25) is 0 Å². The number of carbonyl (C=O) groups is 1. The van der Waals surface area contributed by atoms with Crippen LogP contribution in [-0.2, 0) is 10.3 Å². The van der Waals surface area contributed by atoms with Crippen molar-refractivity contribution in [2.75, 3.05) is 0 Å². The van der Waals surface area contributed by atoms with Crippen LogP contribution in [0.4, 0.5) is 0 Å². The number of nitrogens with zero attached hydrogens (tertiary/aromatic N) is 6. The van der Waals surface area contributed by atoms with Gasteiger partial charge in [0.25, 0.3) is 0 Å². The molecule has 0 spiro atoms. The Labute approximate surface area is 157 Å². The quantitative estimate of drug-likeness (QED) is 0.772. The van der Waals surface area contributed by atoms with E-state index in [2.05, 4.69) is 30.9 Å². The first-order chi connectivity index (χ1) is 12.8. The summed E-state index contributed by atoms with van der Waals surface area (Å²) < 4.78 is 6.97. The van der Waals surface area contributed by atoms with Gasteiger partial charge in [0.1, 0.15) is 11.7 Å². The molecule has 3 rings (SSSR count). The summed E-state index contributed by atoms with van der Waals surface area (Å²) in [4.78, 5) is 12.3. The van der Waals surface area contributed by atoms with Crippen LogP contribution in [-0.4, -0.2) is 52.3 Å². The van der Waals surface area contributed by atoms with Gasteiger partial charge in [-0.25, -0.2) is 9.48 Å². The molecule has 0 radical (unpaired) electrons. The fourth-order valence-corrected chi connectivity index (χ4v) is 3.58. The first kappa shape index (κ1) is 19.4. The number of aliphatic hydroxyl groups is 1. The van der Waals surface area contributed by atoms with Gasteiger partial charge in [-0.2, -0.15) is 5.21 Å². The summed E-state index contributed by atoms with van der Waals surface area (Å²) in [6.45, 7) is 5.39. The van der Waals surface area contributed by atoms with Gasteiger partial charge in [-0.1, -0.05) is 42.5 Å². The average molecular weight is 377 g/mol. The summed E-state index contributed by atoms with van der Waals surface area (Å²) >= 11 is 0. The van der Waals surface area contributed by atoms with Crippen LogP contribution in [0.1, 0.15) is 88.1 Å². The van der Waals surface area contributed by atoms with Crippen LogP contribution in [0.25, 0.3) is 0 Å². The van der Waals surface area contributed by atoms with Crippen molar-refractivity contribution in [2.45, 2.75) is 83.0 Å². The van der Waals surface area contributed by atoms with Crippen molar-refractivity contribution in [3.63, 3.8) is 0 Å². The van der Waals surface area contributed by atoms with Gasteiger partial charge >= 0.3 is 5.97 Å². The molecule has 0 bridgehead atoms. The molecular weight excluding hydrogens is 350 g/mol. The third kappa shape index (κ3) is 4.32. The highest BCUT2D eigenvalue weighted by molar-refractivity contribution is 5.87. The molecule has 0 amide bonds. The van der Waals surface area contributed by atoms with Crippen LogP contribution in [0.5, 0.6) is 0 Å². The highest BCUT2D eigenvalue weighted by Gasteiger charge is 2.44. The van der Waals surface area contributed by atoms with Gasteiger partial charge in [0, 0.05) is 0 Å². The van der Waals surface area contributed by atoms with E-state index in [0.717, 1.165) is 25.7 Å². The number of aliphatic hydroxyl groups excluding tert-OH is 1. The smallest absolute Gasteiger partial charge is 0.361 e. The van der Waals surface area contributed by atoms with Crippen molar-refractivity contribution in [1.29, 1.82) is 0 Å². The van der Waals surface area contributed by atoms with Gasteiger partial charge in [0.15, 0.2) is 5.69 Å². The number of hydrogen-bond donors (Lipinski definition) is 2. The average Bonchev–Trinajstić information content (AvgIpc) is 3.25. The number of hydrogen-bond acceptors (Lipinski definition) is 8. The van der Waals surface area contributed by atoms with Crippen molar-refractivity contribution in [3.05, 3.63) is 17.7 Å². The van der Waals surface area contributed by atoms with E-state index in [0.29, 0.717) is 12.8 Å². The standard InChI is InChI=1S/C17H27N7O3/c1-16(2,3)27-15(26)12-11-24(23-18-12)17(9-7-5-4-6-8-10-17)13(25)14-19-21-22-20-14/h11,13,25H,4-10H2,1-3H3,(H,19,20,21,22). The Kier molecular flexibility index (Phi) is 5.54. The first-order valence-corrected chi connectivity index (χ1v) is 9.39. The number of ether oxygens (including phenoxy) is 1. The van der Waals surface area contributed by atoms with E-state index in [4.69, 9.17) is 4.74 Å². The lowest BCUT2D eigenvalue weighted by Gasteiger charge is -2.38. The van der Waals surface area contributed by atoms with E-state index < -0.39 is 23.2 Å². The number of H-pyrrole nitrogens is 1. The van der Waals surface area contributed by atoms with Crippen LogP contribution < -0.4 is 0 Å². The minimum absolute atomic E-state index is 0.117. The lowest BCUT2D eigenvalue weighted by molar-refractivity contribution is -0.00431. The number of aromatic nitrogens is 7. The van der Waals surface area contributed by atoms with Crippen molar-refractivity contribution < 1.29 is 14.6 Å². The second-order valence-electron chi connectivity index (χ2n) is 8.09. The van der Waals surface area contributed by atoms with Crippen LogP contribution in [0, 0.1) is 0 Å². The summed E-state index contributed by atoms with van der Waals surface area (Å²) in [6, 6.07) is 0. The molecule has 0 aromatic carbocycles. The number of esters is 1. The SMILES string of the molecule is CC(C)(C)OC(=O)c1cn(C2(C(O)c3nn[nH]n3)CCCCCCC2)nn1. The van der Waals surface area contributed by atoms with Crippen LogP contribution in [0.15, 0.2) is 6.20 Å². The minimum atomic E-state index is -1.01. The summed E-state index contributed by atoms with van der Waals surface area (Å²) in [7, 11) is 0. The Morgan fingerprint density at radius 2 is 1.89 bits per heavy atom. The molecule has 1 fully saturated rings. The van der Waals surface area contributed by atoms with E-state index in [1.54, 1.807) is 31.6 Å². The van der Waals surface area contributed by atoms with Crippen molar-refractivity contribution in [1.82, 2.24) is 35.6 Å².